The highest BCUT2D eigenvalue weighted by Crippen LogP contribution is 2.37. The lowest BCUT2D eigenvalue weighted by Crippen LogP contribution is -2.14. The van der Waals surface area contributed by atoms with Crippen LogP contribution in [0.15, 0.2) is 28.5 Å². The minimum Gasteiger partial charge on any atom is -0.507 e. The first kappa shape index (κ1) is 15.6. The second kappa shape index (κ2) is 5.43. The molecule has 0 aliphatic carbocycles. The number of rotatable bonds is 2. The molecule has 0 amide bonds. The van der Waals surface area contributed by atoms with Crippen LogP contribution in [0.2, 0.25) is 0 Å². The zero-order chi connectivity index (χ0) is 16.8. The molecule has 0 saturated heterocycles. The van der Waals surface area contributed by atoms with Gasteiger partial charge < -0.3 is 10.8 Å². The smallest absolute Gasteiger partial charge is 0.292 e. The van der Waals surface area contributed by atoms with Gasteiger partial charge in [0, 0.05) is 28.6 Å². The summed E-state index contributed by atoms with van der Waals surface area (Å²) in [5.41, 5.74) is 8.41. The van der Waals surface area contributed by atoms with Gasteiger partial charge in [-0.25, -0.2) is 4.52 Å². The van der Waals surface area contributed by atoms with Crippen LogP contribution in [0.5, 0.6) is 5.75 Å². The van der Waals surface area contributed by atoms with Crippen LogP contribution in [-0.2, 0) is 12.0 Å². The summed E-state index contributed by atoms with van der Waals surface area (Å²) < 4.78 is 1.63. The van der Waals surface area contributed by atoms with Gasteiger partial charge in [-0.1, -0.05) is 20.8 Å². The summed E-state index contributed by atoms with van der Waals surface area (Å²) in [4.78, 5) is 15.8. The van der Waals surface area contributed by atoms with Gasteiger partial charge in [-0.15, -0.1) is 11.3 Å². The molecular weight excluding hydrogens is 312 g/mol. The third kappa shape index (κ3) is 2.73. The summed E-state index contributed by atoms with van der Waals surface area (Å²) in [6, 6.07) is 3.79. The highest BCUT2D eigenvalue weighted by atomic mass is 32.1. The van der Waals surface area contributed by atoms with Crippen LogP contribution < -0.4 is 11.3 Å². The fraction of sp³-hybridized carbons (Fsp3) is 0.312. The molecule has 0 atom stereocenters. The van der Waals surface area contributed by atoms with Gasteiger partial charge >= 0.3 is 0 Å². The first-order chi connectivity index (χ1) is 10.8. The maximum absolute atomic E-state index is 11.3. The largest absolute Gasteiger partial charge is 0.507 e. The van der Waals surface area contributed by atoms with Crippen LogP contribution in [0.1, 0.15) is 31.9 Å². The number of fused-ring (bicyclic) bond motifs is 1. The predicted octanol–water partition coefficient (Wildman–Crippen LogP) is 2.28. The lowest BCUT2D eigenvalue weighted by molar-refractivity contribution is 0.440. The van der Waals surface area contributed by atoms with E-state index in [-0.39, 0.29) is 23.3 Å². The van der Waals surface area contributed by atoms with Crippen LogP contribution >= 0.6 is 11.3 Å². The quantitative estimate of drug-likeness (QED) is 0.752. The molecule has 2 aromatic heterocycles. The maximum Gasteiger partial charge on any atom is 0.292 e. The number of thiazole rings is 1. The van der Waals surface area contributed by atoms with Crippen molar-refractivity contribution in [2.24, 2.45) is 5.73 Å². The Bertz CT molecular complexity index is 937. The van der Waals surface area contributed by atoms with Gasteiger partial charge in [0.2, 0.25) is 4.96 Å². The Morgan fingerprint density at radius 2 is 2.09 bits per heavy atom. The van der Waals surface area contributed by atoms with Gasteiger partial charge in [-0.05, 0) is 17.5 Å². The molecule has 3 N–H and O–H groups in total. The molecule has 0 radical (unpaired) electrons. The number of nitrogens with two attached hydrogens (primary N) is 1. The van der Waals surface area contributed by atoms with Gasteiger partial charge in [0.05, 0.1) is 5.69 Å². The molecule has 1 aromatic carbocycles. The summed E-state index contributed by atoms with van der Waals surface area (Å²) in [5, 5.41) is 16.5. The molecule has 0 saturated carbocycles. The molecule has 0 aliphatic rings. The van der Waals surface area contributed by atoms with Crippen molar-refractivity contribution < 1.29 is 5.11 Å². The zero-order valence-electron chi connectivity index (χ0n) is 13.2. The maximum atomic E-state index is 11.3. The number of aromatic nitrogens is 3. The number of phenolic OH excluding ortho intramolecular Hbond substituents is 1. The SMILES string of the molecule is CC(C)(C)c1cc(-c2csc3nc(=O)cnn23)cc(CN)c1O. The Labute approximate surface area is 137 Å². The summed E-state index contributed by atoms with van der Waals surface area (Å²) in [5.74, 6) is 0.237. The monoisotopic (exact) mass is 330 g/mol. The highest BCUT2D eigenvalue weighted by molar-refractivity contribution is 7.15. The number of aromatic hydroxyl groups is 1. The first-order valence-electron chi connectivity index (χ1n) is 7.21. The Morgan fingerprint density at radius 3 is 2.74 bits per heavy atom. The first-order valence-corrected chi connectivity index (χ1v) is 8.09. The summed E-state index contributed by atoms with van der Waals surface area (Å²) in [6.07, 6.45) is 1.19. The lowest BCUT2D eigenvalue weighted by Gasteiger charge is -2.23. The average Bonchev–Trinajstić information content (AvgIpc) is 2.89. The number of benzene rings is 1. The van der Waals surface area contributed by atoms with Crippen LogP contribution in [0.4, 0.5) is 0 Å². The molecule has 6 nitrogen and oxygen atoms in total. The van der Waals surface area contributed by atoms with Crippen LogP contribution in [0.25, 0.3) is 16.2 Å². The third-order valence-electron chi connectivity index (χ3n) is 3.69. The number of hydrogen-bond acceptors (Lipinski definition) is 6. The van der Waals surface area contributed by atoms with Gasteiger partial charge in [0.15, 0.2) is 0 Å². The minimum atomic E-state index is -0.359. The predicted molar refractivity (Wildman–Crippen MR) is 90.8 cm³/mol. The van der Waals surface area contributed by atoms with Crippen LogP contribution in [0.3, 0.4) is 0 Å². The van der Waals surface area contributed by atoms with Gasteiger partial charge in [-0.3, -0.25) is 4.79 Å². The number of nitrogens with zero attached hydrogens (tertiary/aromatic N) is 3. The average molecular weight is 330 g/mol. The van der Waals surface area contributed by atoms with Crippen molar-refractivity contribution in [2.45, 2.75) is 32.7 Å². The molecular formula is C16H18N4O2S. The molecule has 3 rings (SSSR count). The zero-order valence-corrected chi connectivity index (χ0v) is 14.0. The van der Waals surface area contributed by atoms with Gasteiger partial charge in [0.25, 0.3) is 5.56 Å². The highest BCUT2D eigenvalue weighted by Gasteiger charge is 2.22. The van der Waals surface area contributed by atoms with Crippen molar-refractivity contribution in [2.75, 3.05) is 0 Å². The lowest BCUT2D eigenvalue weighted by atomic mass is 9.83. The topological polar surface area (TPSA) is 93.5 Å². The molecule has 3 aromatic rings. The van der Waals surface area contributed by atoms with E-state index in [0.29, 0.717) is 10.5 Å². The van der Waals surface area contributed by atoms with Gasteiger partial charge in [0.1, 0.15) is 11.9 Å². The Balaban J connectivity index is 2.28. The van der Waals surface area contributed by atoms with Gasteiger partial charge in [-0.2, -0.15) is 10.1 Å². The van der Waals surface area contributed by atoms with Crippen molar-refractivity contribution in [3.05, 3.63) is 45.2 Å². The summed E-state index contributed by atoms with van der Waals surface area (Å²) >= 11 is 1.35. The van der Waals surface area contributed by atoms with Crippen LogP contribution in [-0.4, -0.2) is 19.7 Å². The fourth-order valence-corrected chi connectivity index (χ4v) is 3.33. The van der Waals surface area contributed by atoms with E-state index in [4.69, 9.17) is 5.73 Å². The minimum absolute atomic E-state index is 0.228. The molecule has 0 bridgehead atoms. The van der Waals surface area contributed by atoms with E-state index in [2.05, 4.69) is 10.1 Å². The molecule has 0 unspecified atom stereocenters. The molecule has 23 heavy (non-hydrogen) atoms. The van der Waals surface area contributed by atoms with E-state index in [1.165, 1.54) is 17.5 Å². The standard InChI is InChI=1S/C16H18N4O2S/c1-16(2,3)11-5-9(4-10(6-17)14(11)22)12-8-23-15-19-13(21)7-18-20(12)15/h4-5,7-8,22H,6,17H2,1-3H3. The molecule has 0 fully saturated rings. The van der Waals surface area contributed by atoms with Crippen molar-refractivity contribution in [1.82, 2.24) is 14.6 Å². The van der Waals surface area contributed by atoms with Crippen molar-refractivity contribution >= 4 is 16.3 Å². The van der Waals surface area contributed by atoms with E-state index in [1.807, 2.05) is 38.3 Å². The van der Waals surface area contributed by atoms with E-state index >= 15 is 0 Å². The Kier molecular flexibility index (Phi) is 3.69. The molecule has 120 valence electrons. The van der Waals surface area contributed by atoms with E-state index in [1.54, 1.807) is 4.52 Å². The molecule has 0 spiro atoms. The number of hydrogen-bond donors (Lipinski definition) is 2. The van der Waals surface area contributed by atoms with E-state index in [0.717, 1.165) is 16.8 Å². The Morgan fingerprint density at radius 1 is 1.35 bits per heavy atom. The Hall–Kier alpha value is -2.25. The normalized spacial score (nSPS) is 12.0. The molecule has 0 aliphatic heterocycles. The van der Waals surface area contributed by atoms with E-state index < -0.39 is 0 Å². The van der Waals surface area contributed by atoms with E-state index in [9.17, 15) is 9.90 Å². The van der Waals surface area contributed by atoms with Crippen molar-refractivity contribution in [1.29, 1.82) is 0 Å². The summed E-state index contributed by atoms with van der Waals surface area (Å²) in [7, 11) is 0. The van der Waals surface area contributed by atoms with Crippen molar-refractivity contribution in [3.8, 4) is 17.0 Å². The van der Waals surface area contributed by atoms with Crippen LogP contribution in [0, 0.1) is 0 Å². The molecule has 2 heterocycles. The second-order valence-electron chi connectivity index (χ2n) is 6.40. The fourth-order valence-electron chi connectivity index (χ4n) is 2.49. The molecule has 7 heteroatoms. The summed E-state index contributed by atoms with van der Waals surface area (Å²) in [6.45, 7) is 6.35. The third-order valence-corrected chi connectivity index (χ3v) is 4.50. The van der Waals surface area contributed by atoms with Crippen molar-refractivity contribution in [3.63, 3.8) is 0 Å². The number of phenols is 1. The second-order valence-corrected chi connectivity index (χ2v) is 7.23.